The van der Waals surface area contributed by atoms with E-state index in [2.05, 4.69) is 0 Å². The summed E-state index contributed by atoms with van der Waals surface area (Å²) in [5.41, 5.74) is 0.512. The topological polar surface area (TPSA) is 85.0 Å². The summed E-state index contributed by atoms with van der Waals surface area (Å²) in [6, 6.07) is 5.27. The van der Waals surface area contributed by atoms with Gasteiger partial charge >= 0.3 is 5.69 Å². The van der Waals surface area contributed by atoms with Gasteiger partial charge in [-0.2, -0.15) is 0 Å². The van der Waals surface area contributed by atoms with Crippen LogP contribution in [0.2, 0.25) is 0 Å². The molecule has 3 fully saturated rings. The molecular weight excluding hydrogens is 414 g/mol. The fraction of sp³-hybridized carbons (Fsp3) is 0.565. The van der Waals surface area contributed by atoms with Gasteiger partial charge in [0.25, 0.3) is 5.91 Å². The Hall–Kier alpha value is -2.35. The molecule has 0 radical (unpaired) electrons. The minimum atomic E-state index is -0.464. The number of thioether (sulfide) groups is 1. The second-order valence-electron chi connectivity index (χ2n) is 8.47. The number of rotatable bonds is 5. The molecule has 7 nitrogen and oxygen atoms in total. The second kappa shape index (κ2) is 9.85. The molecule has 0 bridgehead atoms. The number of nitrogens with zero attached hydrogens (tertiary/aromatic N) is 3. The van der Waals surface area contributed by atoms with Crippen molar-refractivity contribution in [3.8, 4) is 5.75 Å². The van der Waals surface area contributed by atoms with Crippen LogP contribution in [0.3, 0.4) is 0 Å². The van der Waals surface area contributed by atoms with Gasteiger partial charge in [-0.1, -0.05) is 44.6 Å². The fourth-order valence-corrected chi connectivity index (χ4v) is 5.80. The Kier molecular flexibility index (Phi) is 6.95. The van der Waals surface area contributed by atoms with E-state index in [1.54, 1.807) is 18.2 Å². The zero-order valence-corrected chi connectivity index (χ0v) is 18.7. The average Bonchev–Trinajstić information content (AvgIpc) is 3.09. The van der Waals surface area contributed by atoms with Gasteiger partial charge in [0.05, 0.1) is 23.0 Å². The Morgan fingerprint density at radius 1 is 1.13 bits per heavy atom. The van der Waals surface area contributed by atoms with Crippen LogP contribution in [-0.4, -0.2) is 40.1 Å². The number of amides is 1. The molecule has 1 aromatic rings. The SMILES string of the molecule is COc1ccc(/C=C2\SC(=NC3CCCCC3)N(C3CCCCC3)C2=O)cc1[N+](=O)[O-]. The Balaban J connectivity index is 1.65. The van der Waals surface area contributed by atoms with Crippen LogP contribution in [-0.2, 0) is 4.79 Å². The summed E-state index contributed by atoms with van der Waals surface area (Å²) >= 11 is 1.42. The third kappa shape index (κ3) is 4.95. The van der Waals surface area contributed by atoms with Crippen molar-refractivity contribution in [2.45, 2.75) is 76.3 Å². The number of benzene rings is 1. The van der Waals surface area contributed by atoms with Crippen LogP contribution >= 0.6 is 11.8 Å². The molecule has 1 heterocycles. The Bertz CT molecular complexity index is 902. The van der Waals surface area contributed by atoms with Crippen molar-refractivity contribution < 1.29 is 14.5 Å². The highest BCUT2D eigenvalue weighted by Crippen LogP contribution is 2.39. The first kappa shape index (κ1) is 21.9. The van der Waals surface area contributed by atoms with Crippen LogP contribution in [0.1, 0.15) is 69.8 Å². The van der Waals surface area contributed by atoms with Gasteiger partial charge in [0, 0.05) is 12.1 Å². The quantitative estimate of drug-likeness (QED) is 0.339. The summed E-state index contributed by atoms with van der Waals surface area (Å²) in [5, 5.41) is 12.2. The number of nitro groups is 1. The highest BCUT2D eigenvalue weighted by molar-refractivity contribution is 8.18. The lowest BCUT2D eigenvalue weighted by atomic mass is 9.94. The Morgan fingerprint density at radius 3 is 2.45 bits per heavy atom. The van der Waals surface area contributed by atoms with E-state index in [9.17, 15) is 14.9 Å². The van der Waals surface area contributed by atoms with E-state index in [4.69, 9.17) is 9.73 Å². The maximum atomic E-state index is 13.4. The summed E-state index contributed by atoms with van der Waals surface area (Å²) in [6.45, 7) is 0. The number of carbonyl (C=O) groups excluding carboxylic acids is 1. The number of carbonyl (C=O) groups is 1. The standard InChI is InChI=1S/C23H29N3O4S/c1-30-20-13-12-16(14-19(20)26(28)29)15-21-22(27)25(18-10-6-3-7-11-18)23(31-21)24-17-8-4-2-5-9-17/h12-15,17-18H,2-11H2,1H3/b21-15-,24-23?. The molecule has 0 spiro atoms. The highest BCUT2D eigenvalue weighted by atomic mass is 32.2. The Morgan fingerprint density at radius 2 is 1.81 bits per heavy atom. The number of nitro benzene ring substituents is 1. The maximum Gasteiger partial charge on any atom is 0.311 e. The minimum Gasteiger partial charge on any atom is -0.490 e. The lowest BCUT2D eigenvalue weighted by Gasteiger charge is -2.31. The number of hydrogen-bond donors (Lipinski definition) is 0. The average molecular weight is 444 g/mol. The van der Waals surface area contributed by atoms with Gasteiger partial charge in [0.1, 0.15) is 0 Å². The normalized spacial score (nSPS) is 23.6. The van der Waals surface area contributed by atoms with Crippen LogP contribution < -0.4 is 4.74 Å². The molecule has 1 amide bonds. The maximum absolute atomic E-state index is 13.4. The summed E-state index contributed by atoms with van der Waals surface area (Å²) < 4.78 is 5.09. The van der Waals surface area contributed by atoms with Crippen LogP contribution in [0.4, 0.5) is 5.69 Å². The first-order valence-electron chi connectivity index (χ1n) is 11.2. The molecular formula is C23H29N3O4S. The first-order chi connectivity index (χ1) is 15.1. The van der Waals surface area contributed by atoms with E-state index >= 15 is 0 Å². The Labute approximate surface area is 187 Å². The monoisotopic (exact) mass is 443 g/mol. The molecule has 2 saturated carbocycles. The molecule has 0 N–H and O–H groups in total. The molecule has 4 rings (SSSR count). The summed E-state index contributed by atoms with van der Waals surface area (Å²) in [7, 11) is 1.41. The van der Waals surface area contributed by atoms with Crippen LogP contribution in [0, 0.1) is 10.1 Å². The number of ether oxygens (including phenoxy) is 1. The van der Waals surface area contributed by atoms with E-state index in [0.29, 0.717) is 10.5 Å². The van der Waals surface area contributed by atoms with Crippen molar-refractivity contribution in [1.29, 1.82) is 0 Å². The van der Waals surface area contributed by atoms with E-state index in [-0.39, 0.29) is 29.4 Å². The fourth-order valence-electron chi connectivity index (χ4n) is 4.69. The van der Waals surface area contributed by atoms with Gasteiger partial charge in [-0.15, -0.1) is 0 Å². The van der Waals surface area contributed by atoms with Crippen LogP contribution in [0.5, 0.6) is 5.75 Å². The molecule has 31 heavy (non-hydrogen) atoms. The number of amidine groups is 1. The van der Waals surface area contributed by atoms with Crippen molar-refractivity contribution >= 4 is 34.6 Å². The smallest absolute Gasteiger partial charge is 0.311 e. The molecule has 0 atom stereocenters. The predicted molar refractivity (Wildman–Crippen MR) is 123 cm³/mol. The van der Waals surface area contributed by atoms with Crippen molar-refractivity contribution in [2.75, 3.05) is 7.11 Å². The zero-order valence-electron chi connectivity index (χ0n) is 17.9. The summed E-state index contributed by atoms with van der Waals surface area (Å²) in [4.78, 5) is 31.8. The van der Waals surface area contributed by atoms with Crippen LogP contribution in [0.25, 0.3) is 6.08 Å². The molecule has 0 aromatic heterocycles. The summed E-state index contributed by atoms with van der Waals surface area (Å²) in [5.74, 6) is 0.186. The third-order valence-corrected chi connectivity index (χ3v) is 7.34. The number of aliphatic imine (C=N–C) groups is 1. The molecule has 0 unspecified atom stereocenters. The van der Waals surface area contributed by atoms with Gasteiger partial charge in [0.2, 0.25) is 0 Å². The first-order valence-corrected chi connectivity index (χ1v) is 12.0. The van der Waals surface area contributed by atoms with Crippen molar-refractivity contribution in [2.24, 2.45) is 4.99 Å². The van der Waals surface area contributed by atoms with E-state index in [1.807, 2.05) is 4.90 Å². The van der Waals surface area contributed by atoms with Crippen molar-refractivity contribution in [1.82, 2.24) is 4.90 Å². The third-order valence-electron chi connectivity index (χ3n) is 6.34. The lowest BCUT2D eigenvalue weighted by Crippen LogP contribution is -2.41. The summed E-state index contributed by atoms with van der Waals surface area (Å²) in [6.07, 6.45) is 13.1. The van der Waals surface area contributed by atoms with Gasteiger partial charge in [-0.25, -0.2) is 0 Å². The van der Waals surface area contributed by atoms with Gasteiger partial charge in [-0.05, 0) is 55.2 Å². The largest absolute Gasteiger partial charge is 0.490 e. The van der Waals surface area contributed by atoms with E-state index in [1.165, 1.54) is 50.6 Å². The molecule has 2 aliphatic carbocycles. The van der Waals surface area contributed by atoms with Crippen molar-refractivity contribution in [3.05, 3.63) is 38.8 Å². The van der Waals surface area contributed by atoms with Gasteiger partial charge in [-0.3, -0.25) is 24.8 Å². The molecule has 1 aliphatic heterocycles. The zero-order chi connectivity index (χ0) is 21.8. The van der Waals surface area contributed by atoms with Gasteiger partial charge in [0.15, 0.2) is 10.9 Å². The molecule has 8 heteroatoms. The van der Waals surface area contributed by atoms with Gasteiger partial charge < -0.3 is 4.74 Å². The van der Waals surface area contributed by atoms with Crippen LogP contribution in [0.15, 0.2) is 28.1 Å². The lowest BCUT2D eigenvalue weighted by molar-refractivity contribution is -0.385. The predicted octanol–water partition coefficient (Wildman–Crippen LogP) is 5.54. The molecule has 1 aromatic carbocycles. The minimum absolute atomic E-state index is 0.0232. The van der Waals surface area contributed by atoms with E-state index in [0.717, 1.165) is 43.7 Å². The number of hydrogen-bond acceptors (Lipinski definition) is 6. The second-order valence-corrected chi connectivity index (χ2v) is 9.48. The van der Waals surface area contributed by atoms with E-state index < -0.39 is 4.92 Å². The molecule has 166 valence electrons. The number of methoxy groups -OCH3 is 1. The molecule has 3 aliphatic rings. The molecule has 1 saturated heterocycles. The highest BCUT2D eigenvalue weighted by Gasteiger charge is 2.39. The van der Waals surface area contributed by atoms with Crippen molar-refractivity contribution in [3.63, 3.8) is 0 Å².